The first-order chi connectivity index (χ1) is 7.16. The standard InChI is InChI=1S/C11H15NO2S/c1-7(11(13)14)2-5-9-6-15-10(12-9)8-3-4-8/h6-8H,2-5H2,1H3,(H,13,14). The van der Waals surface area contributed by atoms with Gasteiger partial charge in [0.05, 0.1) is 16.6 Å². The van der Waals surface area contributed by atoms with E-state index in [0.29, 0.717) is 12.3 Å². The van der Waals surface area contributed by atoms with Gasteiger partial charge in [-0.1, -0.05) is 6.92 Å². The fourth-order valence-electron chi connectivity index (χ4n) is 1.44. The summed E-state index contributed by atoms with van der Waals surface area (Å²) in [6, 6.07) is 0. The number of hydrogen-bond acceptors (Lipinski definition) is 3. The van der Waals surface area contributed by atoms with E-state index < -0.39 is 5.97 Å². The molecule has 0 aromatic carbocycles. The highest BCUT2D eigenvalue weighted by Gasteiger charge is 2.26. The van der Waals surface area contributed by atoms with Gasteiger partial charge in [-0.3, -0.25) is 4.79 Å². The summed E-state index contributed by atoms with van der Waals surface area (Å²) in [4.78, 5) is 15.2. The third kappa shape index (κ3) is 2.78. The van der Waals surface area contributed by atoms with Gasteiger partial charge in [-0.25, -0.2) is 4.98 Å². The van der Waals surface area contributed by atoms with Crippen molar-refractivity contribution in [2.75, 3.05) is 0 Å². The summed E-state index contributed by atoms with van der Waals surface area (Å²) in [5.74, 6) is -0.274. The molecule has 1 aliphatic rings. The van der Waals surface area contributed by atoms with Crippen LogP contribution in [0.25, 0.3) is 0 Å². The molecule has 0 saturated heterocycles. The topological polar surface area (TPSA) is 50.2 Å². The Morgan fingerprint density at radius 2 is 2.47 bits per heavy atom. The minimum absolute atomic E-state index is 0.268. The molecule has 1 fully saturated rings. The Morgan fingerprint density at radius 1 is 1.73 bits per heavy atom. The average molecular weight is 225 g/mol. The van der Waals surface area contributed by atoms with Gasteiger partial charge in [0, 0.05) is 11.3 Å². The number of aryl methyl sites for hydroxylation is 1. The predicted octanol–water partition coefficient (Wildman–Crippen LogP) is 2.67. The zero-order valence-electron chi connectivity index (χ0n) is 8.77. The minimum Gasteiger partial charge on any atom is -0.481 e. The second kappa shape index (κ2) is 4.31. The largest absolute Gasteiger partial charge is 0.481 e. The van der Waals surface area contributed by atoms with Crippen LogP contribution in [-0.4, -0.2) is 16.1 Å². The molecule has 82 valence electrons. The number of thiazole rings is 1. The van der Waals surface area contributed by atoms with E-state index in [9.17, 15) is 4.79 Å². The summed E-state index contributed by atoms with van der Waals surface area (Å²) in [5, 5.41) is 12.1. The highest BCUT2D eigenvalue weighted by atomic mass is 32.1. The Hall–Kier alpha value is -0.900. The molecule has 0 radical (unpaired) electrons. The van der Waals surface area contributed by atoms with Crippen molar-refractivity contribution in [3.8, 4) is 0 Å². The molecule has 0 spiro atoms. The third-order valence-corrected chi connectivity index (χ3v) is 3.81. The first-order valence-electron chi connectivity index (χ1n) is 5.34. The molecule has 2 rings (SSSR count). The van der Waals surface area contributed by atoms with Gasteiger partial charge in [0.2, 0.25) is 0 Å². The molecule has 1 aliphatic carbocycles. The summed E-state index contributed by atoms with van der Waals surface area (Å²) in [6.07, 6.45) is 4.02. The zero-order valence-corrected chi connectivity index (χ0v) is 9.59. The van der Waals surface area contributed by atoms with Crippen LogP contribution >= 0.6 is 11.3 Å². The molecule has 0 amide bonds. The molecule has 1 N–H and O–H groups in total. The van der Waals surface area contributed by atoms with E-state index in [4.69, 9.17) is 5.11 Å². The molecule has 0 bridgehead atoms. The Bertz CT molecular complexity index is 357. The first kappa shape index (κ1) is 10.6. The number of carboxylic acids is 1. The number of carboxylic acid groups (broad SMARTS) is 1. The summed E-state index contributed by atoms with van der Waals surface area (Å²) in [7, 11) is 0. The SMILES string of the molecule is CC(CCc1csc(C2CC2)n1)C(=O)O. The molecule has 0 aliphatic heterocycles. The van der Waals surface area contributed by atoms with Crippen LogP contribution in [0.1, 0.15) is 42.8 Å². The molecule has 1 aromatic rings. The van der Waals surface area contributed by atoms with Crippen molar-refractivity contribution in [2.45, 2.75) is 38.5 Å². The second-order valence-corrected chi connectivity index (χ2v) is 5.12. The number of carbonyl (C=O) groups is 1. The summed E-state index contributed by atoms with van der Waals surface area (Å²) < 4.78 is 0. The fraction of sp³-hybridized carbons (Fsp3) is 0.636. The van der Waals surface area contributed by atoms with Crippen molar-refractivity contribution in [3.63, 3.8) is 0 Å². The van der Waals surface area contributed by atoms with E-state index in [1.807, 2.05) is 0 Å². The lowest BCUT2D eigenvalue weighted by Crippen LogP contribution is -2.10. The smallest absolute Gasteiger partial charge is 0.306 e. The lowest BCUT2D eigenvalue weighted by Gasteiger charge is -2.02. The Kier molecular flexibility index (Phi) is 3.05. The van der Waals surface area contributed by atoms with E-state index in [1.54, 1.807) is 18.3 Å². The fourth-order valence-corrected chi connectivity index (χ4v) is 2.47. The van der Waals surface area contributed by atoms with Crippen LogP contribution in [0.15, 0.2) is 5.38 Å². The summed E-state index contributed by atoms with van der Waals surface area (Å²) in [6.45, 7) is 1.75. The van der Waals surface area contributed by atoms with Gasteiger partial charge in [0.1, 0.15) is 0 Å². The van der Waals surface area contributed by atoms with E-state index in [-0.39, 0.29) is 5.92 Å². The number of hydrogen-bond donors (Lipinski definition) is 1. The number of aromatic nitrogens is 1. The molecule has 1 aromatic heterocycles. The Labute approximate surface area is 93.2 Å². The van der Waals surface area contributed by atoms with Crippen LogP contribution in [0.4, 0.5) is 0 Å². The van der Waals surface area contributed by atoms with Crippen molar-refractivity contribution in [1.82, 2.24) is 4.98 Å². The maximum absolute atomic E-state index is 10.6. The van der Waals surface area contributed by atoms with Crippen LogP contribution in [-0.2, 0) is 11.2 Å². The Morgan fingerprint density at radius 3 is 3.07 bits per heavy atom. The van der Waals surface area contributed by atoms with Crippen molar-refractivity contribution < 1.29 is 9.90 Å². The van der Waals surface area contributed by atoms with Gasteiger partial charge < -0.3 is 5.11 Å². The van der Waals surface area contributed by atoms with Crippen molar-refractivity contribution >= 4 is 17.3 Å². The Balaban J connectivity index is 1.85. The van der Waals surface area contributed by atoms with Crippen molar-refractivity contribution in [1.29, 1.82) is 0 Å². The molecule has 1 saturated carbocycles. The average Bonchev–Trinajstić information content (AvgIpc) is 2.95. The van der Waals surface area contributed by atoms with Crippen LogP contribution < -0.4 is 0 Å². The molecule has 3 nitrogen and oxygen atoms in total. The third-order valence-electron chi connectivity index (χ3n) is 2.75. The number of rotatable bonds is 5. The molecule has 1 heterocycles. The summed E-state index contributed by atoms with van der Waals surface area (Å²) in [5.41, 5.74) is 1.06. The summed E-state index contributed by atoms with van der Waals surface area (Å²) >= 11 is 1.72. The lowest BCUT2D eigenvalue weighted by atomic mass is 10.1. The van der Waals surface area contributed by atoms with Gasteiger partial charge >= 0.3 is 5.97 Å². The van der Waals surface area contributed by atoms with Crippen molar-refractivity contribution in [2.24, 2.45) is 5.92 Å². The van der Waals surface area contributed by atoms with Gasteiger partial charge in [0.15, 0.2) is 0 Å². The van der Waals surface area contributed by atoms with Gasteiger partial charge in [0.25, 0.3) is 0 Å². The van der Waals surface area contributed by atoms with Gasteiger partial charge in [-0.05, 0) is 25.7 Å². The minimum atomic E-state index is -0.715. The van der Waals surface area contributed by atoms with E-state index >= 15 is 0 Å². The zero-order chi connectivity index (χ0) is 10.8. The highest BCUT2D eigenvalue weighted by Crippen LogP contribution is 2.41. The number of aliphatic carboxylic acids is 1. The maximum Gasteiger partial charge on any atom is 0.306 e. The lowest BCUT2D eigenvalue weighted by molar-refractivity contribution is -0.141. The molecule has 1 unspecified atom stereocenters. The van der Waals surface area contributed by atoms with Crippen LogP contribution in [0.5, 0.6) is 0 Å². The molecule has 15 heavy (non-hydrogen) atoms. The molecule has 1 atom stereocenters. The van der Waals surface area contributed by atoms with E-state index in [1.165, 1.54) is 17.8 Å². The molecular weight excluding hydrogens is 210 g/mol. The highest BCUT2D eigenvalue weighted by molar-refractivity contribution is 7.09. The van der Waals surface area contributed by atoms with E-state index in [2.05, 4.69) is 10.4 Å². The monoisotopic (exact) mass is 225 g/mol. The van der Waals surface area contributed by atoms with E-state index in [0.717, 1.165) is 12.1 Å². The normalized spacial score (nSPS) is 17.7. The first-order valence-corrected chi connectivity index (χ1v) is 6.22. The van der Waals surface area contributed by atoms with Crippen LogP contribution in [0.2, 0.25) is 0 Å². The second-order valence-electron chi connectivity index (χ2n) is 4.23. The van der Waals surface area contributed by atoms with Gasteiger partial charge in [-0.15, -0.1) is 11.3 Å². The molecule has 4 heteroatoms. The quantitative estimate of drug-likeness (QED) is 0.838. The number of nitrogens with zero attached hydrogens (tertiary/aromatic N) is 1. The van der Waals surface area contributed by atoms with Crippen molar-refractivity contribution in [3.05, 3.63) is 16.1 Å². The van der Waals surface area contributed by atoms with Crippen LogP contribution in [0, 0.1) is 5.92 Å². The maximum atomic E-state index is 10.6. The van der Waals surface area contributed by atoms with Crippen LogP contribution in [0.3, 0.4) is 0 Å². The van der Waals surface area contributed by atoms with Gasteiger partial charge in [-0.2, -0.15) is 0 Å². The molecular formula is C11H15NO2S. The predicted molar refractivity (Wildman–Crippen MR) is 59.2 cm³/mol.